The number of benzene rings is 1. The normalized spacial score (nSPS) is 19.9. The summed E-state index contributed by atoms with van der Waals surface area (Å²) >= 11 is 0. The summed E-state index contributed by atoms with van der Waals surface area (Å²) < 4.78 is 0. The molecule has 0 aliphatic carbocycles. The number of hydrogen-bond donors (Lipinski definition) is 2. The lowest BCUT2D eigenvalue weighted by atomic mass is 9.79. The van der Waals surface area contributed by atoms with Crippen molar-refractivity contribution >= 4 is 10.9 Å². The molecule has 106 valence electrons. The first-order valence-corrected chi connectivity index (χ1v) is 7.57. The quantitative estimate of drug-likeness (QED) is 0.901. The Labute approximate surface area is 120 Å². The maximum atomic E-state index is 6.59. The minimum atomic E-state index is 0.0889. The van der Waals surface area contributed by atoms with Crippen LogP contribution in [0, 0.1) is 11.8 Å². The van der Waals surface area contributed by atoms with Crippen LogP contribution in [0.15, 0.2) is 36.5 Å². The molecule has 1 fully saturated rings. The third-order valence-electron chi connectivity index (χ3n) is 4.74. The molecule has 3 rings (SSSR count). The highest BCUT2D eigenvalue weighted by Gasteiger charge is 2.26. The van der Waals surface area contributed by atoms with E-state index in [9.17, 15) is 0 Å². The molecule has 2 unspecified atom stereocenters. The molecular weight excluding hydrogens is 246 g/mol. The average Bonchev–Trinajstić information content (AvgIpc) is 2.54. The SMILES string of the molecule is CC(C1CCNCC1)C(N)c1ccnc2ccccc12. The molecule has 2 heterocycles. The van der Waals surface area contributed by atoms with Gasteiger partial charge in [0, 0.05) is 17.6 Å². The molecule has 3 heteroatoms. The summed E-state index contributed by atoms with van der Waals surface area (Å²) in [6.45, 7) is 4.55. The van der Waals surface area contributed by atoms with E-state index in [1.165, 1.54) is 23.8 Å². The summed E-state index contributed by atoms with van der Waals surface area (Å²) in [7, 11) is 0. The Hall–Kier alpha value is -1.45. The van der Waals surface area contributed by atoms with Crippen LogP contribution in [0.1, 0.15) is 31.4 Å². The first-order chi connectivity index (χ1) is 9.77. The van der Waals surface area contributed by atoms with Gasteiger partial charge in [0.15, 0.2) is 0 Å². The summed E-state index contributed by atoms with van der Waals surface area (Å²) in [5, 5.41) is 4.62. The van der Waals surface area contributed by atoms with Crippen LogP contribution in [0.4, 0.5) is 0 Å². The average molecular weight is 269 g/mol. The largest absolute Gasteiger partial charge is 0.324 e. The van der Waals surface area contributed by atoms with E-state index < -0.39 is 0 Å². The van der Waals surface area contributed by atoms with Gasteiger partial charge >= 0.3 is 0 Å². The molecule has 1 aromatic carbocycles. The maximum absolute atomic E-state index is 6.59. The second-order valence-corrected chi connectivity index (χ2v) is 5.89. The van der Waals surface area contributed by atoms with Crippen LogP contribution in [0.3, 0.4) is 0 Å². The van der Waals surface area contributed by atoms with Gasteiger partial charge in [0.2, 0.25) is 0 Å². The number of rotatable bonds is 3. The predicted molar refractivity (Wildman–Crippen MR) is 83.4 cm³/mol. The van der Waals surface area contributed by atoms with Crippen molar-refractivity contribution in [1.82, 2.24) is 10.3 Å². The van der Waals surface area contributed by atoms with Crippen molar-refractivity contribution in [3.8, 4) is 0 Å². The monoisotopic (exact) mass is 269 g/mol. The zero-order valence-corrected chi connectivity index (χ0v) is 12.0. The number of hydrogen-bond acceptors (Lipinski definition) is 3. The van der Waals surface area contributed by atoms with E-state index >= 15 is 0 Å². The van der Waals surface area contributed by atoms with Gasteiger partial charge in [0.25, 0.3) is 0 Å². The fourth-order valence-corrected chi connectivity index (χ4v) is 3.36. The third-order valence-corrected chi connectivity index (χ3v) is 4.74. The molecule has 0 saturated carbocycles. The number of para-hydroxylation sites is 1. The summed E-state index contributed by atoms with van der Waals surface area (Å²) in [6, 6.07) is 10.5. The molecule has 2 atom stereocenters. The smallest absolute Gasteiger partial charge is 0.0705 e. The molecule has 0 amide bonds. The molecule has 1 saturated heterocycles. The van der Waals surface area contributed by atoms with Crippen molar-refractivity contribution in [2.45, 2.75) is 25.8 Å². The van der Waals surface area contributed by atoms with E-state index in [2.05, 4.69) is 41.5 Å². The van der Waals surface area contributed by atoms with Crippen molar-refractivity contribution < 1.29 is 0 Å². The number of pyridine rings is 1. The van der Waals surface area contributed by atoms with Gasteiger partial charge in [-0.05, 0) is 55.5 Å². The predicted octanol–water partition coefficient (Wildman–Crippen LogP) is 2.87. The summed E-state index contributed by atoms with van der Waals surface area (Å²) in [4.78, 5) is 4.43. The molecule has 0 spiro atoms. The Morgan fingerprint density at radius 3 is 2.75 bits per heavy atom. The zero-order chi connectivity index (χ0) is 13.9. The second-order valence-electron chi connectivity index (χ2n) is 5.89. The van der Waals surface area contributed by atoms with Crippen molar-refractivity contribution in [3.05, 3.63) is 42.1 Å². The van der Waals surface area contributed by atoms with Crippen LogP contribution in [0.25, 0.3) is 10.9 Å². The topological polar surface area (TPSA) is 50.9 Å². The Bertz CT molecular complexity index is 570. The first kappa shape index (κ1) is 13.5. The summed E-state index contributed by atoms with van der Waals surface area (Å²) in [5.74, 6) is 1.22. The molecule has 20 heavy (non-hydrogen) atoms. The second kappa shape index (κ2) is 5.90. The van der Waals surface area contributed by atoms with E-state index in [1.807, 2.05) is 12.3 Å². The van der Waals surface area contributed by atoms with Gasteiger partial charge in [0.1, 0.15) is 0 Å². The summed E-state index contributed by atoms with van der Waals surface area (Å²) in [6.07, 6.45) is 4.35. The number of piperidine rings is 1. The van der Waals surface area contributed by atoms with E-state index in [0.29, 0.717) is 5.92 Å². The minimum absolute atomic E-state index is 0.0889. The molecule has 1 aliphatic rings. The van der Waals surface area contributed by atoms with E-state index in [4.69, 9.17) is 5.73 Å². The van der Waals surface area contributed by atoms with Crippen LogP contribution < -0.4 is 11.1 Å². The standard InChI is InChI=1S/C17H23N3/c1-12(13-6-9-19-10-7-13)17(18)15-8-11-20-16-5-3-2-4-14(15)16/h2-5,8,11-13,17,19H,6-7,9-10,18H2,1H3. The number of nitrogens with two attached hydrogens (primary N) is 1. The van der Waals surface area contributed by atoms with Gasteiger partial charge in [-0.2, -0.15) is 0 Å². The summed E-state index contributed by atoms with van der Waals surface area (Å²) in [5.41, 5.74) is 8.86. The van der Waals surface area contributed by atoms with E-state index in [1.54, 1.807) is 0 Å². The van der Waals surface area contributed by atoms with Crippen molar-refractivity contribution in [1.29, 1.82) is 0 Å². The van der Waals surface area contributed by atoms with Crippen LogP contribution in [-0.2, 0) is 0 Å². The van der Waals surface area contributed by atoms with Gasteiger partial charge in [-0.1, -0.05) is 25.1 Å². The fourth-order valence-electron chi connectivity index (χ4n) is 3.36. The minimum Gasteiger partial charge on any atom is -0.324 e. The number of fused-ring (bicyclic) bond motifs is 1. The Balaban J connectivity index is 1.89. The van der Waals surface area contributed by atoms with Gasteiger partial charge < -0.3 is 11.1 Å². The van der Waals surface area contributed by atoms with Crippen LogP contribution in [-0.4, -0.2) is 18.1 Å². The van der Waals surface area contributed by atoms with Gasteiger partial charge in [-0.3, -0.25) is 4.98 Å². The van der Waals surface area contributed by atoms with E-state index in [0.717, 1.165) is 24.5 Å². The molecule has 3 nitrogen and oxygen atoms in total. The molecule has 3 N–H and O–H groups in total. The first-order valence-electron chi connectivity index (χ1n) is 7.57. The van der Waals surface area contributed by atoms with Crippen LogP contribution in [0.5, 0.6) is 0 Å². The maximum Gasteiger partial charge on any atom is 0.0705 e. The molecule has 1 aromatic heterocycles. The highest BCUT2D eigenvalue weighted by molar-refractivity contribution is 5.82. The highest BCUT2D eigenvalue weighted by Crippen LogP contribution is 2.33. The van der Waals surface area contributed by atoms with Gasteiger partial charge in [-0.15, -0.1) is 0 Å². The molecule has 2 aromatic rings. The number of aromatic nitrogens is 1. The van der Waals surface area contributed by atoms with Crippen molar-refractivity contribution in [2.75, 3.05) is 13.1 Å². The Morgan fingerprint density at radius 2 is 1.95 bits per heavy atom. The third kappa shape index (κ3) is 2.56. The van der Waals surface area contributed by atoms with Crippen molar-refractivity contribution in [3.63, 3.8) is 0 Å². The zero-order valence-electron chi connectivity index (χ0n) is 12.0. The Morgan fingerprint density at radius 1 is 1.20 bits per heavy atom. The lowest BCUT2D eigenvalue weighted by Gasteiger charge is -2.32. The number of nitrogens with one attached hydrogen (secondary N) is 1. The van der Waals surface area contributed by atoms with Crippen LogP contribution in [0.2, 0.25) is 0 Å². The lowest BCUT2D eigenvalue weighted by molar-refractivity contribution is 0.244. The fraction of sp³-hybridized carbons (Fsp3) is 0.471. The lowest BCUT2D eigenvalue weighted by Crippen LogP contribution is -2.34. The van der Waals surface area contributed by atoms with Crippen molar-refractivity contribution in [2.24, 2.45) is 17.6 Å². The Kier molecular flexibility index (Phi) is 3.99. The van der Waals surface area contributed by atoms with Gasteiger partial charge in [0.05, 0.1) is 5.52 Å². The highest BCUT2D eigenvalue weighted by atomic mass is 14.9. The van der Waals surface area contributed by atoms with E-state index in [-0.39, 0.29) is 6.04 Å². The molecule has 0 bridgehead atoms. The molecule has 1 aliphatic heterocycles. The number of nitrogens with zero attached hydrogens (tertiary/aromatic N) is 1. The molecule has 0 radical (unpaired) electrons. The molecular formula is C17H23N3. The van der Waals surface area contributed by atoms with Crippen LogP contribution >= 0.6 is 0 Å². The van der Waals surface area contributed by atoms with Gasteiger partial charge in [-0.25, -0.2) is 0 Å².